The van der Waals surface area contributed by atoms with Gasteiger partial charge in [0.1, 0.15) is 11.4 Å². The van der Waals surface area contributed by atoms with E-state index in [9.17, 15) is 14.4 Å². The molecule has 0 heterocycles. The second-order valence-electron chi connectivity index (χ2n) is 6.27. The third kappa shape index (κ3) is 7.62. The summed E-state index contributed by atoms with van der Waals surface area (Å²) >= 11 is 0. The fourth-order valence-corrected chi connectivity index (χ4v) is 1.79. The number of amides is 1. The van der Waals surface area contributed by atoms with E-state index in [-0.39, 0.29) is 18.6 Å². The van der Waals surface area contributed by atoms with E-state index in [2.05, 4.69) is 5.32 Å². The van der Waals surface area contributed by atoms with Crippen LogP contribution in [0.4, 0.5) is 4.79 Å². The molecule has 1 atom stereocenters. The minimum Gasteiger partial charge on any atom is -0.481 e. The first-order valence-electron chi connectivity index (χ1n) is 7.56. The zero-order valence-electron chi connectivity index (χ0n) is 14.3. The minimum atomic E-state index is -0.999. The highest BCUT2D eigenvalue weighted by atomic mass is 16.6. The van der Waals surface area contributed by atoms with Crippen LogP contribution in [0, 0.1) is 0 Å². The summed E-state index contributed by atoms with van der Waals surface area (Å²) < 4.78 is 10.7. The lowest BCUT2D eigenvalue weighted by Gasteiger charge is -2.24. The summed E-state index contributed by atoms with van der Waals surface area (Å²) in [5.41, 5.74) is -0.144. The van der Waals surface area contributed by atoms with Crippen molar-refractivity contribution in [3.8, 4) is 5.75 Å². The van der Waals surface area contributed by atoms with Gasteiger partial charge in [-0.2, -0.15) is 0 Å². The number of aliphatic carboxylic acids is 1. The van der Waals surface area contributed by atoms with Crippen molar-refractivity contribution in [1.29, 1.82) is 0 Å². The summed E-state index contributed by atoms with van der Waals surface area (Å²) in [6, 6.07) is 6.36. The normalized spacial score (nSPS) is 12.2. The van der Waals surface area contributed by atoms with Crippen LogP contribution >= 0.6 is 0 Å². The van der Waals surface area contributed by atoms with Gasteiger partial charge in [0.2, 0.25) is 0 Å². The third-order valence-electron chi connectivity index (χ3n) is 2.84. The number of hydrogen-bond donors (Lipinski definition) is 2. The molecule has 132 valence electrons. The van der Waals surface area contributed by atoms with Crippen molar-refractivity contribution < 1.29 is 29.0 Å². The zero-order chi connectivity index (χ0) is 18.3. The van der Waals surface area contributed by atoms with Crippen molar-refractivity contribution in [2.45, 2.75) is 52.4 Å². The van der Waals surface area contributed by atoms with Gasteiger partial charge in [-0.3, -0.25) is 14.9 Å². The van der Waals surface area contributed by atoms with Gasteiger partial charge in [-0.1, -0.05) is 0 Å². The Kier molecular flexibility index (Phi) is 6.76. The molecule has 0 aromatic heterocycles. The minimum absolute atomic E-state index is 0.0725. The molecular formula is C17H23NO6. The molecule has 7 nitrogen and oxygen atoms in total. The van der Waals surface area contributed by atoms with E-state index in [4.69, 9.17) is 14.6 Å². The first-order valence-corrected chi connectivity index (χ1v) is 7.56. The molecule has 7 heteroatoms. The van der Waals surface area contributed by atoms with Crippen LogP contribution in [0.1, 0.15) is 50.9 Å². The molecule has 1 rings (SSSR count). The highest BCUT2D eigenvalue weighted by molar-refractivity contribution is 5.94. The number of rotatable bonds is 7. The van der Waals surface area contributed by atoms with Crippen molar-refractivity contribution in [2.75, 3.05) is 0 Å². The van der Waals surface area contributed by atoms with Gasteiger partial charge >= 0.3 is 12.1 Å². The highest BCUT2D eigenvalue weighted by Crippen LogP contribution is 2.16. The molecule has 0 aliphatic heterocycles. The van der Waals surface area contributed by atoms with Crippen LogP contribution in [-0.2, 0) is 9.53 Å². The van der Waals surface area contributed by atoms with E-state index in [1.165, 1.54) is 6.92 Å². The molecule has 0 radical (unpaired) electrons. The van der Waals surface area contributed by atoms with Crippen LogP contribution in [0.15, 0.2) is 24.3 Å². The van der Waals surface area contributed by atoms with Crippen molar-refractivity contribution in [1.82, 2.24) is 5.32 Å². The maximum Gasteiger partial charge on any atom is 0.410 e. The summed E-state index contributed by atoms with van der Waals surface area (Å²) in [7, 11) is 0. The molecule has 2 N–H and O–H groups in total. The lowest BCUT2D eigenvalue weighted by Crippen LogP contribution is -2.42. The lowest BCUT2D eigenvalue weighted by atomic mass is 10.1. The van der Waals surface area contributed by atoms with E-state index in [1.54, 1.807) is 45.0 Å². The maximum atomic E-state index is 11.8. The second-order valence-corrected chi connectivity index (χ2v) is 6.27. The van der Waals surface area contributed by atoms with Gasteiger partial charge in [-0.25, -0.2) is 4.79 Å². The number of carboxylic acids is 1. The molecule has 0 fully saturated rings. The molecule has 1 amide bonds. The number of ketones is 1. The number of carboxylic acid groups (broad SMARTS) is 1. The summed E-state index contributed by atoms with van der Waals surface area (Å²) in [6.45, 7) is 6.62. The van der Waals surface area contributed by atoms with Gasteiger partial charge in [-0.05, 0) is 52.0 Å². The fraction of sp³-hybridized carbons (Fsp3) is 0.471. The smallest absolute Gasteiger partial charge is 0.410 e. The van der Waals surface area contributed by atoms with Gasteiger partial charge in [0.05, 0.1) is 6.42 Å². The fourth-order valence-electron chi connectivity index (χ4n) is 1.79. The van der Waals surface area contributed by atoms with Gasteiger partial charge in [0.15, 0.2) is 12.0 Å². The molecule has 0 bridgehead atoms. The Hall–Kier alpha value is -2.57. The highest BCUT2D eigenvalue weighted by Gasteiger charge is 2.21. The number of Topliss-reactive ketones (excluding diaryl/α,β-unsaturated/α-hetero) is 1. The number of hydrogen-bond acceptors (Lipinski definition) is 5. The average molecular weight is 337 g/mol. The van der Waals surface area contributed by atoms with E-state index in [1.807, 2.05) is 0 Å². The molecule has 0 saturated carbocycles. The Morgan fingerprint density at radius 2 is 1.75 bits per heavy atom. The van der Waals surface area contributed by atoms with E-state index >= 15 is 0 Å². The second kappa shape index (κ2) is 8.33. The van der Waals surface area contributed by atoms with Crippen LogP contribution in [0.3, 0.4) is 0 Å². The largest absolute Gasteiger partial charge is 0.481 e. The monoisotopic (exact) mass is 337 g/mol. The SMILES string of the molecule is CC(=O)c1ccc(OC(CCC(=O)O)NC(=O)OC(C)(C)C)cc1. The predicted molar refractivity (Wildman–Crippen MR) is 87.1 cm³/mol. The molecule has 0 spiro atoms. The number of alkyl carbamates (subject to hydrolysis) is 1. The average Bonchev–Trinajstić information content (AvgIpc) is 2.43. The van der Waals surface area contributed by atoms with Crippen molar-refractivity contribution in [3.63, 3.8) is 0 Å². The zero-order valence-corrected chi connectivity index (χ0v) is 14.3. The van der Waals surface area contributed by atoms with Crippen LogP contribution in [-0.4, -0.2) is 34.8 Å². The van der Waals surface area contributed by atoms with Crippen molar-refractivity contribution in [3.05, 3.63) is 29.8 Å². The van der Waals surface area contributed by atoms with E-state index in [0.717, 1.165) is 0 Å². The van der Waals surface area contributed by atoms with Crippen LogP contribution in [0.5, 0.6) is 5.75 Å². The number of carbonyl (C=O) groups is 3. The van der Waals surface area contributed by atoms with Gasteiger partial charge < -0.3 is 14.6 Å². The van der Waals surface area contributed by atoms with Crippen molar-refractivity contribution in [2.24, 2.45) is 0 Å². The van der Waals surface area contributed by atoms with Gasteiger partial charge in [-0.15, -0.1) is 0 Å². The number of carbonyl (C=O) groups excluding carboxylic acids is 2. The Bertz CT molecular complexity index is 588. The summed E-state index contributed by atoms with van der Waals surface area (Å²) in [6.07, 6.45) is -1.66. The standard InChI is InChI=1S/C17H23NO6/c1-11(19)12-5-7-13(8-6-12)23-14(9-10-15(20)21)18-16(22)24-17(2,3)4/h5-8,14H,9-10H2,1-4H3,(H,18,22)(H,20,21). The molecular weight excluding hydrogens is 314 g/mol. The van der Waals surface area contributed by atoms with Crippen LogP contribution in [0.2, 0.25) is 0 Å². The molecule has 0 saturated heterocycles. The molecule has 0 aliphatic carbocycles. The Morgan fingerprint density at radius 1 is 1.17 bits per heavy atom. The number of nitrogens with one attached hydrogen (secondary N) is 1. The number of ether oxygens (including phenoxy) is 2. The van der Waals surface area contributed by atoms with Crippen LogP contribution < -0.4 is 10.1 Å². The van der Waals surface area contributed by atoms with Crippen LogP contribution in [0.25, 0.3) is 0 Å². The van der Waals surface area contributed by atoms with Crippen molar-refractivity contribution >= 4 is 17.8 Å². The molecule has 1 aromatic rings. The molecule has 1 aromatic carbocycles. The summed E-state index contributed by atoms with van der Waals surface area (Å²) in [4.78, 5) is 33.9. The Morgan fingerprint density at radius 3 is 2.21 bits per heavy atom. The topological polar surface area (TPSA) is 102 Å². The van der Waals surface area contributed by atoms with E-state index in [0.29, 0.717) is 11.3 Å². The first-order chi connectivity index (χ1) is 11.1. The summed E-state index contributed by atoms with van der Waals surface area (Å²) in [5.74, 6) is -0.663. The predicted octanol–water partition coefficient (Wildman–Crippen LogP) is 2.98. The van der Waals surface area contributed by atoms with Gasteiger partial charge in [0.25, 0.3) is 0 Å². The molecule has 1 unspecified atom stereocenters. The maximum absolute atomic E-state index is 11.8. The summed E-state index contributed by atoms with van der Waals surface area (Å²) in [5, 5.41) is 11.3. The quantitative estimate of drug-likeness (QED) is 0.586. The van der Waals surface area contributed by atoms with Gasteiger partial charge in [0, 0.05) is 12.0 Å². The number of benzene rings is 1. The molecule has 24 heavy (non-hydrogen) atoms. The third-order valence-corrected chi connectivity index (χ3v) is 2.84. The van der Waals surface area contributed by atoms with E-state index < -0.39 is 23.9 Å². The lowest BCUT2D eigenvalue weighted by molar-refractivity contribution is -0.137. The Balaban J connectivity index is 2.75. The first kappa shape index (κ1) is 19.5. The Labute approximate surface area is 141 Å². The molecule has 0 aliphatic rings.